The van der Waals surface area contributed by atoms with Crippen molar-refractivity contribution in [1.82, 2.24) is 19.9 Å². The number of hydrogen-bond donors (Lipinski definition) is 2. The first kappa shape index (κ1) is 28.3. The van der Waals surface area contributed by atoms with Crippen molar-refractivity contribution in [2.75, 3.05) is 49.6 Å². The third kappa shape index (κ3) is 6.66. The van der Waals surface area contributed by atoms with E-state index >= 15 is 4.39 Å². The summed E-state index contributed by atoms with van der Waals surface area (Å²) in [7, 11) is 0.108. The third-order valence-corrected chi connectivity index (χ3v) is 7.58. The summed E-state index contributed by atoms with van der Waals surface area (Å²) in [6.07, 6.45) is 5.86. The lowest BCUT2D eigenvalue weighted by Crippen LogP contribution is -2.21. The number of aromatic nitrogens is 3. The zero-order chi connectivity index (χ0) is 28.2. The highest BCUT2D eigenvalue weighted by Gasteiger charge is 2.34. The molecule has 0 aliphatic carbocycles. The number of hydrogen-bond acceptors (Lipinski definition) is 9. The number of nitrogens with one attached hydrogen (secondary N) is 2. The number of pyridine rings is 1. The molecular weight excluding hydrogens is 530 g/mol. The highest BCUT2D eigenvalue weighted by molar-refractivity contribution is 7.92. The Bertz CT molecular complexity index is 1450. The second kappa shape index (κ2) is 12.0. The van der Waals surface area contributed by atoms with Gasteiger partial charge in [-0.2, -0.15) is 0 Å². The summed E-state index contributed by atoms with van der Waals surface area (Å²) in [5.41, 5.74) is 0.394. The SMILES string of the molecule is CCCS(=O)(=O)Nc1ccc(F)c(C(=O)C2CNc3ncc(-c4cnc(OCCCN(C)C)nc4)cc32)c1F. The quantitative estimate of drug-likeness (QED) is 0.252. The predicted octanol–water partition coefficient (Wildman–Crippen LogP) is 3.69. The van der Waals surface area contributed by atoms with E-state index in [-0.39, 0.29) is 18.3 Å². The standard InChI is InChI=1S/C26H30F2N6O4S/c1-4-10-39(36,37)33-21-7-6-20(27)22(23(21)28)24(35)19-15-30-25-18(19)11-16(12-29-25)17-13-31-26(32-14-17)38-9-5-8-34(2)3/h6-7,11-14,19,33H,4-5,8-10,15H2,1-3H3,(H,29,30). The fourth-order valence-corrected chi connectivity index (χ4v) is 5.33. The van der Waals surface area contributed by atoms with Crippen LogP contribution in [0.2, 0.25) is 0 Å². The molecule has 4 rings (SSSR count). The topological polar surface area (TPSA) is 126 Å². The molecule has 1 unspecified atom stereocenters. The molecule has 2 N–H and O–H groups in total. The molecule has 0 fully saturated rings. The minimum absolute atomic E-state index is 0.0749. The average Bonchev–Trinajstić information content (AvgIpc) is 3.32. The van der Waals surface area contributed by atoms with Crippen LogP contribution in [0, 0.1) is 11.6 Å². The van der Waals surface area contributed by atoms with Gasteiger partial charge in [0.05, 0.1) is 29.5 Å². The largest absolute Gasteiger partial charge is 0.463 e. The number of halogens is 2. The van der Waals surface area contributed by atoms with E-state index in [1.165, 1.54) is 0 Å². The van der Waals surface area contributed by atoms with Gasteiger partial charge < -0.3 is 15.0 Å². The smallest absolute Gasteiger partial charge is 0.316 e. The predicted molar refractivity (Wildman–Crippen MR) is 144 cm³/mol. The Morgan fingerprint density at radius 2 is 1.87 bits per heavy atom. The Morgan fingerprint density at radius 3 is 2.56 bits per heavy atom. The molecule has 3 aromatic rings. The highest BCUT2D eigenvalue weighted by atomic mass is 32.2. The van der Waals surface area contributed by atoms with Crippen LogP contribution >= 0.6 is 0 Å². The summed E-state index contributed by atoms with van der Waals surface area (Å²) >= 11 is 0. The number of Topliss-reactive ketones (excluding diaryl/α,β-unsaturated/α-hetero) is 1. The number of ether oxygens (including phenoxy) is 1. The van der Waals surface area contributed by atoms with Crippen molar-refractivity contribution in [1.29, 1.82) is 0 Å². The summed E-state index contributed by atoms with van der Waals surface area (Å²) in [4.78, 5) is 28.3. The number of ketones is 1. The number of nitrogens with zero attached hydrogens (tertiary/aromatic N) is 4. The number of fused-ring (bicyclic) bond motifs is 1. The van der Waals surface area contributed by atoms with Crippen LogP contribution in [-0.4, -0.2) is 73.6 Å². The number of rotatable bonds is 12. The van der Waals surface area contributed by atoms with Gasteiger partial charge in [-0.25, -0.2) is 32.2 Å². The molecule has 208 valence electrons. The van der Waals surface area contributed by atoms with Gasteiger partial charge in [0.2, 0.25) is 10.0 Å². The Hall–Kier alpha value is -3.71. The Kier molecular flexibility index (Phi) is 8.70. The molecule has 1 aliphatic heterocycles. The second-order valence-corrected chi connectivity index (χ2v) is 11.3. The van der Waals surface area contributed by atoms with Crippen molar-refractivity contribution in [3.05, 3.63) is 59.6 Å². The molecule has 0 saturated carbocycles. The first-order valence-electron chi connectivity index (χ1n) is 12.5. The Morgan fingerprint density at radius 1 is 1.15 bits per heavy atom. The van der Waals surface area contributed by atoms with E-state index in [4.69, 9.17) is 4.74 Å². The van der Waals surface area contributed by atoms with Gasteiger partial charge in [0.15, 0.2) is 11.6 Å². The number of carbonyl (C=O) groups is 1. The lowest BCUT2D eigenvalue weighted by Gasteiger charge is -2.14. The molecule has 2 aromatic heterocycles. The van der Waals surface area contributed by atoms with E-state index in [1.54, 1.807) is 31.6 Å². The number of anilines is 2. The van der Waals surface area contributed by atoms with Crippen LogP contribution in [0.1, 0.15) is 41.6 Å². The molecule has 0 saturated heterocycles. The lowest BCUT2D eigenvalue weighted by atomic mass is 9.91. The minimum atomic E-state index is -3.85. The van der Waals surface area contributed by atoms with Crippen LogP contribution in [0.25, 0.3) is 11.1 Å². The van der Waals surface area contributed by atoms with Gasteiger partial charge in [0.1, 0.15) is 11.6 Å². The summed E-state index contributed by atoms with van der Waals surface area (Å²) < 4.78 is 61.9. The molecule has 1 atom stereocenters. The van der Waals surface area contributed by atoms with E-state index in [9.17, 15) is 17.6 Å². The van der Waals surface area contributed by atoms with Crippen LogP contribution in [0.5, 0.6) is 6.01 Å². The Labute approximate surface area is 225 Å². The lowest BCUT2D eigenvalue weighted by molar-refractivity contribution is 0.0958. The molecule has 0 bridgehead atoms. The maximum atomic E-state index is 15.3. The molecule has 39 heavy (non-hydrogen) atoms. The van der Waals surface area contributed by atoms with Gasteiger partial charge in [-0.15, -0.1) is 0 Å². The third-order valence-electron chi connectivity index (χ3n) is 6.10. The second-order valence-electron chi connectivity index (χ2n) is 9.42. The number of benzene rings is 1. The van der Waals surface area contributed by atoms with E-state index in [0.717, 1.165) is 25.1 Å². The molecule has 13 heteroatoms. The van der Waals surface area contributed by atoms with Crippen molar-refractivity contribution in [2.24, 2.45) is 0 Å². The van der Waals surface area contributed by atoms with Crippen molar-refractivity contribution in [3.8, 4) is 17.1 Å². The normalized spacial score (nSPS) is 14.7. The van der Waals surface area contributed by atoms with Crippen LogP contribution in [0.3, 0.4) is 0 Å². The van der Waals surface area contributed by atoms with Gasteiger partial charge in [-0.3, -0.25) is 9.52 Å². The zero-order valence-electron chi connectivity index (χ0n) is 21.9. The maximum Gasteiger partial charge on any atom is 0.316 e. The molecule has 0 radical (unpaired) electrons. The highest BCUT2D eigenvalue weighted by Crippen LogP contribution is 2.37. The average molecular weight is 561 g/mol. The first-order chi connectivity index (χ1) is 18.6. The first-order valence-corrected chi connectivity index (χ1v) is 14.1. The molecular formula is C26H30F2N6O4S. The number of sulfonamides is 1. The van der Waals surface area contributed by atoms with Crippen molar-refractivity contribution < 1.29 is 26.7 Å². The van der Waals surface area contributed by atoms with Crippen molar-refractivity contribution >= 4 is 27.3 Å². The van der Waals surface area contributed by atoms with Gasteiger partial charge >= 0.3 is 6.01 Å². The summed E-state index contributed by atoms with van der Waals surface area (Å²) in [6, 6.07) is 3.77. The molecule has 0 spiro atoms. The fourth-order valence-electron chi connectivity index (χ4n) is 4.20. The van der Waals surface area contributed by atoms with E-state index in [0.29, 0.717) is 35.5 Å². The van der Waals surface area contributed by atoms with E-state index in [2.05, 4.69) is 29.9 Å². The number of carbonyl (C=O) groups excluding carboxylic acids is 1. The van der Waals surface area contributed by atoms with Gasteiger partial charge in [-0.1, -0.05) is 6.92 Å². The summed E-state index contributed by atoms with van der Waals surface area (Å²) in [5.74, 6) is -3.94. The van der Waals surface area contributed by atoms with Crippen LogP contribution in [0.15, 0.2) is 36.8 Å². The molecule has 3 heterocycles. The van der Waals surface area contributed by atoms with Gasteiger partial charge in [0, 0.05) is 48.4 Å². The molecule has 10 nitrogen and oxygen atoms in total. The van der Waals surface area contributed by atoms with Gasteiger partial charge in [-0.05, 0) is 45.1 Å². The molecule has 1 aliphatic rings. The Balaban J connectivity index is 1.55. The van der Waals surface area contributed by atoms with Crippen LogP contribution in [-0.2, 0) is 10.0 Å². The van der Waals surface area contributed by atoms with Gasteiger partial charge in [0.25, 0.3) is 0 Å². The van der Waals surface area contributed by atoms with Crippen LogP contribution < -0.4 is 14.8 Å². The van der Waals surface area contributed by atoms with E-state index in [1.807, 2.05) is 14.1 Å². The monoisotopic (exact) mass is 560 g/mol. The maximum absolute atomic E-state index is 15.3. The van der Waals surface area contributed by atoms with Crippen LogP contribution in [0.4, 0.5) is 20.3 Å². The summed E-state index contributed by atoms with van der Waals surface area (Å²) in [5, 5.41) is 2.99. The molecule has 0 amide bonds. The zero-order valence-corrected chi connectivity index (χ0v) is 22.7. The van der Waals surface area contributed by atoms with Crippen molar-refractivity contribution in [3.63, 3.8) is 0 Å². The summed E-state index contributed by atoms with van der Waals surface area (Å²) in [6.45, 7) is 3.08. The fraction of sp³-hybridized carbons (Fsp3) is 0.385. The molecule has 1 aromatic carbocycles. The van der Waals surface area contributed by atoms with Crippen molar-refractivity contribution in [2.45, 2.75) is 25.7 Å². The van der Waals surface area contributed by atoms with E-state index < -0.39 is 44.6 Å². The minimum Gasteiger partial charge on any atom is -0.463 e.